The lowest BCUT2D eigenvalue weighted by Crippen LogP contribution is -2.47. The Bertz CT molecular complexity index is 194. The third-order valence-electron chi connectivity index (χ3n) is 3.63. The van der Waals surface area contributed by atoms with Crippen molar-refractivity contribution in [3.05, 3.63) is 0 Å². The molecule has 1 unspecified atom stereocenters. The zero-order chi connectivity index (χ0) is 10.6. The maximum Gasteiger partial charge on any atom is 0.236 e. The molecule has 0 saturated heterocycles. The summed E-state index contributed by atoms with van der Waals surface area (Å²) in [7, 11) is 1.81. The van der Waals surface area contributed by atoms with Crippen molar-refractivity contribution in [2.24, 2.45) is 5.41 Å². The molecule has 0 bridgehead atoms. The maximum absolute atomic E-state index is 11.5. The predicted octanol–water partition coefficient (Wildman–Crippen LogP) is 1.29. The fourth-order valence-electron chi connectivity index (χ4n) is 1.89. The molecule has 1 amide bonds. The summed E-state index contributed by atoms with van der Waals surface area (Å²) in [6.45, 7) is 4.95. The van der Waals surface area contributed by atoms with Crippen molar-refractivity contribution in [3.8, 4) is 0 Å². The van der Waals surface area contributed by atoms with Gasteiger partial charge in [-0.05, 0) is 38.6 Å². The van der Waals surface area contributed by atoms with Crippen LogP contribution in [0.25, 0.3) is 0 Å². The molecule has 0 aromatic carbocycles. The van der Waals surface area contributed by atoms with Gasteiger partial charge in [0, 0.05) is 6.54 Å². The molecule has 3 heteroatoms. The molecule has 0 aromatic rings. The van der Waals surface area contributed by atoms with E-state index < -0.39 is 0 Å². The number of nitrogens with one attached hydrogen (secondary N) is 2. The zero-order valence-electron chi connectivity index (χ0n) is 9.52. The second kappa shape index (κ2) is 4.78. The molecule has 1 rings (SSSR count). The maximum atomic E-state index is 11.5. The van der Waals surface area contributed by atoms with Crippen LogP contribution in [0.15, 0.2) is 0 Å². The largest absolute Gasteiger partial charge is 0.354 e. The Labute approximate surface area is 86.6 Å². The van der Waals surface area contributed by atoms with Crippen molar-refractivity contribution in [2.75, 3.05) is 13.6 Å². The molecule has 1 saturated carbocycles. The minimum absolute atomic E-state index is 0.0796. The van der Waals surface area contributed by atoms with Crippen molar-refractivity contribution in [3.63, 3.8) is 0 Å². The van der Waals surface area contributed by atoms with Gasteiger partial charge in [-0.1, -0.05) is 13.3 Å². The van der Waals surface area contributed by atoms with Crippen molar-refractivity contribution >= 4 is 5.91 Å². The lowest BCUT2D eigenvalue weighted by atomic mass is 9.67. The molecule has 0 aliphatic heterocycles. The molecular formula is C11H22N2O. The van der Waals surface area contributed by atoms with E-state index in [0.717, 1.165) is 6.54 Å². The van der Waals surface area contributed by atoms with Crippen LogP contribution in [0.1, 0.15) is 39.5 Å². The van der Waals surface area contributed by atoms with E-state index in [-0.39, 0.29) is 11.9 Å². The van der Waals surface area contributed by atoms with E-state index in [0.29, 0.717) is 5.41 Å². The topological polar surface area (TPSA) is 41.1 Å². The first-order valence-electron chi connectivity index (χ1n) is 5.58. The van der Waals surface area contributed by atoms with Crippen LogP contribution < -0.4 is 10.6 Å². The Kier molecular flexibility index (Phi) is 3.93. The van der Waals surface area contributed by atoms with E-state index in [1.807, 2.05) is 14.0 Å². The first kappa shape index (κ1) is 11.5. The molecule has 0 radical (unpaired) electrons. The van der Waals surface area contributed by atoms with Gasteiger partial charge in [0.2, 0.25) is 5.91 Å². The number of carbonyl (C=O) groups is 1. The van der Waals surface area contributed by atoms with Gasteiger partial charge in [0.25, 0.3) is 0 Å². The highest BCUT2D eigenvalue weighted by atomic mass is 16.2. The van der Waals surface area contributed by atoms with E-state index in [1.165, 1.54) is 25.7 Å². The smallest absolute Gasteiger partial charge is 0.236 e. The molecule has 1 aliphatic rings. The molecular weight excluding hydrogens is 176 g/mol. The number of hydrogen-bond acceptors (Lipinski definition) is 2. The summed E-state index contributed by atoms with van der Waals surface area (Å²) < 4.78 is 0. The van der Waals surface area contributed by atoms with Gasteiger partial charge >= 0.3 is 0 Å². The summed E-state index contributed by atoms with van der Waals surface area (Å²) >= 11 is 0. The van der Waals surface area contributed by atoms with Crippen molar-refractivity contribution in [2.45, 2.75) is 45.6 Å². The molecule has 1 atom stereocenters. The zero-order valence-corrected chi connectivity index (χ0v) is 9.52. The van der Waals surface area contributed by atoms with Crippen molar-refractivity contribution < 1.29 is 4.79 Å². The Morgan fingerprint density at radius 1 is 1.50 bits per heavy atom. The molecule has 0 spiro atoms. The number of hydrogen-bond donors (Lipinski definition) is 2. The lowest BCUT2D eigenvalue weighted by Gasteiger charge is -2.41. The van der Waals surface area contributed by atoms with E-state index in [1.54, 1.807) is 0 Å². The second-order valence-corrected chi connectivity index (χ2v) is 4.44. The van der Waals surface area contributed by atoms with E-state index in [4.69, 9.17) is 0 Å². The average molecular weight is 198 g/mol. The minimum Gasteiger partial charge on any atom is -0.354 e. The van der Waals surface area contributed by atoms with Gasteiger partial charge in [-0.3, -0.25) is 4.79 Å². The van der Waals surface area contributed by atoms with Crippen LogP contribution in [-0.4, -0.2) is 25.5 Å². The van der Waals surface area contributed by atoms with E-state index >= 15 is 0 Å². The standard InChI is InChI=1S/C11H22N2O/c1-4-11(6-5-7-11)8-13-10(14)9(2)12-3/h9,12H,4-8H2,1-3H3,(H,13,14). The van der Waals surface area contributed by atoms with Crippen LogP contribution in [0.5, 0.6) is 0 Å². The van der Waals surface area contributed by atoms with Gasteiger partial charge in [0.1, 0.15) is 0 Å². The molecule has 14 heavy (non-hydrogen) atoms. The number of carbonyl (C=O) groups excluding carboxylic acids is 1. The summed E-state index contributed by atoms with van der Waals surface area (Å²) in [4.78, 5) is 11.5. The Morgan fingerprint density at radius 2 is 2.14 bits per heavy atom. The fraction of sp³-hybridized carbons (Fsp3) is 0.909. The van der Waals surface area contributed by atoms with Gasteiger partial charge in [-0.2, -0.15) is 0 Å². The highest BCUT2D eigenvalue weighted by Crippen LogP contribution is 2.42. The summed E-state index contributed by atoms with van der Waals surface area (Å²) in [5.41, 5.74) is 0.420. The molecule has 3 nitrogen and oxygen atoms in total. The summed E-state index contributed by atoms with van der Waals surface area (Å²) in [6.07, 6.45) is 5.06. The second-order valence-electron chi connectivity index (χ2n) is 4.44. The molecule has 82 valence electrons. The van der Waals surface area contributed by atoms with Crippen LogP contribution in [0.3, 0.4) is 0 Å². The monoisotopic (exact) mass is 198 g/mol. The SMILES string of the molecule is CCC1(CNC(=O)C(C)NC)CCC1. The Balaban J connectivity index is 2.28. The van der Waals surface area contributed by atoms with Crippen LogP contribution in [0.2, 0.25) is 0 Å². The first-order chi connectivity index (χ1) is 6.63. The van der Waals surface area contributed by atoms with Crippen LogP contribution in [0, 0.1) is 5.41 Å². The minimum atomic E-state index is -0.0796. The van der Waals surface area contributed by atoms with Gasteiger partial charge in [-0.15, -0.1) is 0 Å². The van der Waals surface area contributed by atoms with Crippen molar-refractivity contribution in [1.29, 1.82) is 0 Å². The van der Waals surface area contributed by atoms with Gasteiger partial charge < -0.3 is 10.6 Å². The highest BCUT2D eigenvalue weighted by molar-refractivity contribution is 5.81. The van der Waals surface area contributed by atoms with Gasteiger partial charge in [-0.25, -0.2) is 0 Å². The third kappa shape index (κ3) is 2.47. The normalized spacial score (nSPS) is 21.1. The average Bonchev–Trinajstić information content (AvgIpc) is 2.15. The summed E-state index contributed by atoms with van der Waals surface area (Å²) in [6, 6.07) is -0.0796. The molecule has 0 aromatic heterocycles. The fourth-order valence-corrected chi connectivity index (χ4v) is 1.89. The number of likely N-dealkylation sites (N-methyl/N-ethyl adjacent to an activating group) is 1. The van der Waals surface area contributed by atoms with Gasteiger partial charge in [0.15, 0.2) is 0 Å². The Hall–Kier alpha value is -0.570. The number of amides is 1. The Morgan fingerprint density at radius 3 is 2.50 bits per heavy atom. The highest BCUT2D eigenvalue weighted by Gasteiger charge is 2.35. The number of rotatable bonds is 5. The van der Waals surface area contributed by atoms with E-state index in [9.17, 15) is 4.79 Å². The van der Waals surface area contributed by atoms with E-state index in [2.05, 4.69) is 17.6 Å². The quantitative estimate of drug-likeness (QED) is 0.699. The lowest BCUT2D eigenvalue weighted by molar-refractivity contribution is -0.123. The van der Waals surface area contributed by atoms with Crippen LogP contribution in [0.4, 0.5) is 0 Å². The third-order valence-corrected chi connectivity index (χ3v) is 3.63. The molecule has 1 fully saturated rings. The first-order valence-corrected chi connectivity index (χ1v) is 5.58. The van der Waals surface area contributed by atoms with Crippen LogP contribution in [-0.2, 0) is 4.79 Å². The molecule has 2 N–H and O–H groups in total. The molecule has 1 aliphatic carbocycles. The van der Waals surface area contributed by atoms with Crippen molar-refractivity contribution in [1.82, 2.24) is 10.6 Å². The summed E-state index contributed by atoms with van der Waals surface area (Å²) in [5.74, 6) is 0.118. The van der Waals surface area contributed by atoms with Gasteiger partial charge in [0.05, 0.1) is 6.04 Å². The molecule has 0 heterocycles. The predicted molar refractivity (Wildman–Crippen MR) is 58.1 cm³/mol. The summed E-state index contributed by atoms with van der Waals surface area (Å²) in [5, 5.41) is 5.97. The van der Waals surface area contributed by atoms with Crippen LogP contribution >= 0.6 is 0 Å².